The second-order valence-corrected chi connectivity index (χ2v) is 10.6. The largest absolute Gasteiger partial charge is 0.378 e. The molecule has 0 unspecified atom stereocenters. The minimum Gasteiger partial charge on any atom is -0.378 e. The standard InChI is InChI=1S/C30H39N3O2/c1-2-3-5-18-27(34)31-26-17-11-9-15-23(26)30(35)33-20-19-24-28(21-12-6-4-7-13-21)32-25-16-10-8-14-22(25)29(24)33/h4,6-8,10,12-14,16,23-24,26,28-29,32H,2-3,5,9,11,15,17-20H2,1H3,(H,31,34)/t23-,24+,26+,28-,29-/m0/s1. The number of benzene rings is 2. The minimum absolute atomic E-state index is 0.0358. The number of amides is 2. The van der Waals surface area contributed by atoms with Crippen LogP contribution in [0, 0.1) is 11.8 Å². The molecular formula is C30H39N3O2. The monoisotopic (exact) mass is 473 g/mol. The summed E-state index contributed by atoms with van der Waals surface area (Å²) < 4.78 is 0. The predicted molar refractivity (Wildman–Crippen MR) is 140 cm³/mol. The molecule has 2 N–H and O–H groups in total. The van der Waals surface area contributed by atoms with Gasteiger partial charge in [0.05, 0.1) is 18.0 Å². The molecule has 5 atom stereocenters. The van der Waals surface area contributed by atoms with Gasteiger partial charge >= 0.3 is 0 Å². The zero-order valence-corrected chi connectivity index (χ0v) is 20.9. The molecule has 5 heteroatoms. The van der Waals surface area contributed by atoms with Crippen molar-refractivity contribution in [1.29, 1.82) is 0 Å². The summed E-state index contributed by atoms with van der Waals surface area (Å²) >= 11 is 0. The molecule has 186 valence electrons. The van der Waals surface area contributed by atoms with Crippen molar-refractivity contribution in [2.75, 3.05) is 11.9 Å². The summed E-state index contributed by atoms with van der Waals surface area (Å²) in [4.78, 5) is 28.9. The quantitative estimate of drug-likeness (QED) is 0.485. The van der Waals surface area contributed by atoms with E-state index in [4.69, 9.17) is 0 Å². The third-order valence-corrected chi connectivity index (χ3v) is 8.34. The molecule has 2 aromatic rings. The van der Waals surface area contributed by atoms with E-state index < -0.39 is 0 Å². The van der Waals surface area contributed by atoms with Gasteiger partial charge in [0.15, 0.2) is 0 Å². The molecule has 1 saturated carbocycles. The van der Waals surface area contributed by atoms with Crippen molar-refractivity contribution in [1.82, 2.24) is 10.2 Å². The number of anilines is 1. The van der Waals surface area contributed by atoms with E-state index in [0.29, 0.717) is 12.3 Å². The van der Waals surface area contributed by atoms with Gasteiger partial charge in [0.1, 0.15) is 0 Å². The third kappa shape index (κ3) is 4.96. The van der Waals surface area contributed by atoms with Crippen molar-refractivity contribution in [2.45, 2.75) is 82.8 Å². The number of likely N-dealkylation sites (tertiary alicyclic amines) is 1. The summed E-state index contributed by atoms with van der Waals surface area (Å²) in [6.07, 6.45) is 8.58. The highest BCUT2D eigenvalue weighted by Gasteiger charge is 2.48. The third-order valence-electron chi connectivity index (χ3n) is 8.34. The van der Waals surface area contributed by atoms with Gasteiger partial charge in [-0.1, -0.05) is 81.1 Å². The minimum atomic E-state index is -0.116. The van der Waals surface area contributed by atoms with Crippen LogP contribution >= 0.6 is 0 Å². The number of rotatable bonds is 7. The summed E-state index contributed by atoms with van der Waals surface area (Å²) in [6.45, 7) is 2.93. The first-order valence-corrected chi connectivity index (χ1v) is 13.7. The maximum absolute atomic E-state index is 14.1. The molecule has 35 heavy (non-hydrogen) atoms. The number of hydrogen-bond donors (Lipinski definition) is 2. The molecule has 1 saturated heterocycles. The van der Waals surface area contributed by atoms with E-state index in [0.717, 1.165) is 63.6 Å². The highest BCUT2D eigenvalue weighted by atomic mass is 16.2. The van der Waals surface area contributed by atoms with Gasteiger partial charge in [0.25, 0.3) is 0 Å². The summed E-state index contributed by atoms with van der Waals surface area (Å²) in [7, 11) is 0. The Balaban J connectivity index is 1.38. The molecular weight excluding hydrogens is 434 g/mol. The zero-order valence-electron chi connectivity index (χ0n) is 20.9. The van der Waals surface area contributed by atoms with Crippen LogP contribution in [-0.2, 0) is 9.59 Å². The average molecular weight is 474 g/mol. The molecule has 5 rings (SSSR count). The highest BCUT2D eigenvalue weighted by Crippen LogP contribution is 2.51. The Bertz CT molecular complexity index is 1020. The van der Waals surface area contributed by atoms with Gasteiger partial charge in [0, 0.05) is 30.6 Å². The highest BCUT2D eigenvalue weighted by molar-refractivity contribution is 5.83. The molecule has 2 aliphatic heterocycles. The maximum Gasteiger partial charge on any atom is 0.228 e. The van der Waals surface area contributed by atoms with E-state index in [-0.39, 0.29) is 35.9 Å². The summed E-state index contributed by atoms with van der Waals surface area (Å²) in [5.74, 6) is 0.565. The van der Waals surface area contributed by atoms with Gasteiger partial charge in [-0.25, -0.2) is 0 Å². The van der Waals surface area contributed by atoms with Crippen LogP contribution in [0.5, 0.6) is 0 Å². The molecule has 0 aromatic heterocycles. The first-order chi connectivity index (χ1) is 17.2. The molecule has 0 bridgehead atoms. The number of nitrogens with zero attached hydrogens (tertiary/aromatic N) is 1. The zero-order chi connectivity index (χ0) is 24.2. The van der Waals surface area contributed by atoms with Gasteiger partial charge in [-0.15, -0.1) is 0 Å². The lowest BCUT2D eigenvalue weighted by molar-refractivity contribution is -0.139. The lowest BCUT2D eigenvalue weighted by Gasteiger charge is -2.42. The predicted octanol–water partition coefficient (Wildman–Crippen LogP) is 6.00. The number of unbranched alkanes of at least 4 members (excludes halogenated alkanes) is 2. The summed E-state index contributed by atoms with van der Waals surface area (Å²) in [6, 6.07) is 19.3. The van der Waals surface area contributed by atoms with Crippen LogP contribution in [0.4, 0.5) is 5.69 Å². The number of carbonyl (C=O) groups excluding carboxylic acids is 2. The van der Waals surface area contributed by atoms with Gasteiger partial charge in [-0.3, -0.25) is 9.59 Å². The van der Waals surface area contributed by atoms with Crippen LogP contribution in [0.1, 0.15) is 87.9 Å². The molecule has 5 nitrogen and oxygen atoms in total. The first-order valence-electron chi connectivity index (χ1n) is 13.7. The van der Waals surface area contributed by atoms with Crippen molar-refractivity contribution in [3.63, 3.8) is 0 Å². The van der Waals surface area contributed by atoms with E-state index in [9.17, 15) is 9.59 Å². The van der Waals surface area contributed by atoms with Crippen LogP contribution in [0.15, 0.2) is 54.6 Å². The molecule has 2 amide bonds. The van der Waals surface area contributed by atoms with E-state index >= 15 is 0 Å². The Labute approximate surface area is 209 Å². The molecule has 0 spiro atoms. The van der Waals surface area contributed by atoms with Gasteiger partial charge in [0.2, 0.25) is 11.8 Å². The van der Waals surface area contributed by atoms with E-state index in [2.05, 4.69) is 77.1 Å². The Hall–Kier alpha value is -2.82. The number of nitrogens with one attached hydrogen (secondary N) is 2. The van der Waals surface area contributed by atoms with Gasteiger partial charge in [-0.05, 0) is 42.9 Å². The number of para-hydroxylation sites is 1. The number of carbonyl (C=O) groups is 2. The Morgan fingerprint density at radius 2 is 1.74 bits per heavy atom. The molecule has 2 fully saturated rings. The fourth-order valence-corrected chi connectivity index (χ4v) is 6.59. The Morgan fingerprint density at radius 1 is 0.971 bits per heavy atom. The summed E-state index contributed by atoms with van der Waals surface area (Å²) in [5.41, 5.74) is 3.64. The topological polar surface area (TPSA) is 61.4 Å². The van der Waals surface area contributed by atoms with Crippen molar-refractivity contribution in [3.8, 4) is 0 Å². The number of fused-ring (bicyclic) bond motifs is 3. The maximum atomic E-state index is 14.1. The first kappa shape index (κ1) is 23.9. The van der Waals surface area contributed by atoms with E-state index in [1.54, 1.807) is 0 Å². The average Bonchev–Trinajstić information content (AvgIpc) is 3.34. The number of hydrogen-bond acceptors (Lipinski definition) is 3. The smallest absolute Gasteiger partial charge is 0.228 e. The normalized spacial score (nSPS) is 27.5. The van der Waals surface area contributed by atoms with Crippen LogP contribution < -0.4 is 10.6 Å². The van der Waals surface area contributed by atoms with E-state index in [1.165, 1.54) is 11.1 Å². The van der Waals surface area contributed by atoms with E-state index in [1.807, 2.05) is 0 Å². The molecule has 2 heterocycles. The van der Waals surface area contributed by atoms with Crippen LogP contribution in [-0.4, -0.2) is 29.3 Å². The van der Waals surface area contributed by atoms with Crippen molar-refractivity contribution in [3.05, 3.63) is 65.7 Å². The van der Waals surface area contributed by atoms with Crippen molar-refractivity contribution in [2.24, 2.45) is 11.8 Å². The van der Waals surface area contributed by atoms with Crippen LogP contribution in [0.2, 0.25) is 0 Å². The van der Waals surface area contributed by atoms with Crippen molar-refractivity contribution < 1.29 is 9.59 Å². The fourth-order valence-electron chi connectivity index (χ4n) is 6.59. The molecule has 3 aliphatic rings. The SMILES string of the molecule is CCCCCC(=O)N[C@@H]1CCCC[C@@H]1C(=O)N1CC[C@@H]2[C@H](c3ccccc3)Nc3ccccc3[C@@H]21. The second kappa shape index (κ2) is 10.8. The van der Waals surface area contributed by atoms with Crippen molar-refractivity contribution >= 4 is 17.5 Å². The molecule has 2 aromatic carbocycles. The van der Waals surface area contributed by atoms with Gasteiger partial charge < -0.3 is 15.5 Å². The van der Waals surface area contributed by atoms with Crippen LogP contribution in [0.25, 0.3) is 0 Å². The lowest BCUT2D eigenvalue weighted by atomic mass is 9.79. The molecule has 0 radical (unpaired) electrons. The Morgan fingerprint density at radius 3 is 2.57 bits per heavy atom. The van der Waals surface area contributed by atoms with Crippen LogP contribution in [0.3, 0.4) is 0 Å². The molecule has 1 aliphatic carbocycles. The van der Waals surface area contributed by atoms with Gasteiger partial charge in [-0.2, -0.15) is 0 Å². The summed E-state index contributed by atoms with van der Waals surface area (Å²) in [5, 5.41) is 7.05. The second-order valence-electron chi connectivity index (χ2n) is 10.6. The Kier molecular flexibility index (Phi) is 7.40. The fraction of sp³-hybridized carbons (Fsp3) is 0.533. The lowest BCUT2D eigenvalue weighted by Crippen LogP contribution is -2.50.